The van der Waals surface area contributed by atoms with Crippen LogP contribution >= 0.6 is 0 Å². The quantitative estimate of drug-likeness (QED) is 0.209. The fourth-order valence-corrected chi connectivity index (χ4v) is 3.47. The van der Waals surface area contributed by atoms with E-state index in [2.05, 4.69) is 6.92 Å². The average Bonchev–Trinajstić information content (AvgIpc) is 2.59. The molecule has 0 saturated carbocycles. The normalized spacial score (nSPS) is 11.7. The fourth-order valence-electron chi connectivity index (χ4n) is 2.72. The van der Waals surface area contributed by atoms with Gasteiger partial charge in [-0.2, -0.15) is 0 Å². The van der Waals surface area contributed by atoms with Gasteiger partial charge in [0.25, 0.3) is 0 Å². The molecule has 25 heavy (non-hydrogen) atoms. The van der Waals surface area contributed by atoms with E-state index in [0.717, 1.165) is 0 Å². The zero-order valence-corrected chi connectivity index (χ0v) is 20.1. The van der Waals surface area contributed by atoms with Gasteiger partial charge in [-0.15, -0.1) is 0 Å². The SMILES string of the molecule is CC(O)C(=O)O.CCCCCCCCCCCCCCCCC[CH2][Zn]. The maximum atomic E-state index is 9.45. The van der Waals surface area contributed by atoms with Crippen LogP contribution in [0.5, 0.6) is 0 Å². The Labute approximate surface area is 167 Å². The van der Waals surface area contributed by atoms with Crippen LogP contribution in [-0.2, 0) is 23.1 Å². The first kappa shape index (κ1) is 27.3. The second-order valence-corrected chi connectivity index (χ2v) is 8.65. The summed E-state index contributed by atoms with van der Waals surface area (Å²) in [5.74, 6) is -1.19. The summed E-state index contributed by atoms with van der Waals surface area (Å²) in [7, 11) is 0. The first-order chi connectivity index (χ1) is 12.1. The molecular weight excluding hydrogens is 366 g/mol. The molecule has 0 radical (unpaired) electrons. The zero-order chi connectivity index (χ0) is 19.2. The predicted molar refractivity (Wildman–Crippen MR) is 104 cm³/mol. The molecule has 4 heteroatoms. The number of aliphatic hydroxyl groups is 1. The Bertz CT molecular complexity index is 242. The van der Waals surface area contributed by atoms with Crippen molar-refractivity contribution in [2.45, 2.75) is 128 Å². The van der Waals surface area contributed by atoms with Gasteiger partial charge in [-0.3, -0.25) is 0 Å². The van der Waals surface area contributed by atoms with Gasteiger partial charge in [0.15, 0.2) is 0 Å². The molecule has 0 aliphatic carbocycles. The number of aliphatic carboxylic acids is 1. The van der Waals surface area contributed by atoms with Crippen molar-refractivity contribution in [2.75, 3.05) is 0 Å². The molecule has 1 atom stereocenters. The summed E-state index contributed by atoms with van der Waals surface area (Å²) < 4.78 is 0. The van der Waals surface area contributed by atoms with Gasteiger partial charge in [-0.05, 0) is 6.92 Å². The summed E-state index contributed by atoms with van der Waals surface area (Å²) >= 11 is 1.50. The number of carboxylic acids is 1. The Kier molecular flexibility index (Phi) is 26.2. The Morgan fingerprint density at radius 1 is 0.720 bits per heavy atom. The molecule has 0 amide bonds. The van der Waals surface area contributed by atoms with Crippen LogP contribution in [0.2, 0.25) is 5.02 Å². The van der Waals surface area contributed by atoms with Crippen molar-refractivity contribution < 1.29 is 33.3 Å². The van der Waals surface area contributed by atoms with Crippen molar-refractivity contribution in [1.82, 2.24) is 0 Å². The zero-order valence-electron chi connectivity index (χ0n) is 17.1. The van der Waals surface area contributed by atoms with Gasteiger partial charge in [-0.1, -0.05) is 39.0 Å². The van der Waals surface area contributed by atoms with E-state index >= 15 is 0 Å². The van der Waals surface area contributed by atoms with Gasteiger partial charge in [0.1, 0.15) is 6.10 Å². The molecule has 0 rings (SSSR count). The van der Waals surface area contributed by atoms with Crippen molar-refractivity contribution in [3.8, 4) is 0 Å². The molecule has 3 nitrogen and oxygen atoms in total. The molecule has 0 aliphatic heterocycles. The van der Waals surface area contributed by atoms with Crippen LogP contribution in [0.25, 0.3) is 0 Å². The van der Waals surface area contributed by atoms with Gasteiger partial charge < -0.3 is 10.2 Å². The third-order valence-corrected chi connectivity index (χ3v) is 5.51. The van der Waals surface area contributed by atoms with Crippen molar-refractivity contribution >= 4 is 5.97 Å². The van der Waals surface area contributed by atoms with Crippen LogP contribution in [0, 0.1) is 0 Å². The molecule has 0 saturated heterocycles. The van der Waals surface area contributed by atoms with Gasteiger partial charge in [0.2, 0.25) is 0 Å². The summed E-state index contributed by atoms with van der Waals surface area (Å²) in [5.41, 5.74) is 0. The molecule has 0 aromatic carbocycles. The van der Waals surface area contributed by atoms with E-state index in [-0.39, 0.29) is 0 Å². The number of carbonyl (C=O) groups is 1. The minimum absolute atomic E-state index is 1.19. The van der Waals surface area contributed by atoms with Crippen molar-refractivity contribution in [3.05, 3.63) is 0 Å². The number of carboxylic acid groups (broad SMARTS) is 1. The first-order valence-corrected chi connectivity index (χ1v) is 12.9. The van der Waals surface area contributed by atoms with Gasteiger partial charge in [0, 0.05) is 0 Å². The number of aliphatic hydroxyl groups excluding tert-OH is 1. The minimum atomic E-state index is -1.23. The average molecular weight is 409 g/mol. The van der Waals surface area contributed by atoms with Crippen LogP contribution < -0.4 is 0 Å². The molecule has 2 N–H and O–H groups in total. The third-order valence-electron chi connectivity index (χ3n) is 4.46. The van der Waals surface area contributed by atoms with E-state index in [1.165, 1.54) is 133 Å². The number of unbranched alkanes of at least 4 members (excludes halogenated alkanes) is 15. The van der Waals surface area contributed by atoms with Crippen LogP contribution in [0.4, 0.5) is 0 Å². The molecule has 0 fully saturated rings. The second-order valence-electron chi connectivity index (χ2n) is 7.17. The van der Waals surface area contributed by atoms with E-state index < -0.39 is 12.1 Å². The number of hydrogen-bond acceptors (Lipinski definition) is 2. The summed E-state index contributed by atoms with van der Waals surface area (Å²) in [6.07, 6.45) is 22.5. The van der Waals surface area contributed by atoms with E-state index in [1.807, 2.05) is 0 Å². The standard InChI is InChI=1S/C18H37.C3H6O3.Zn/c1-3-5-7-9-11-13-15-17-18-16-14-12-10-8-6-4-2;1-2(4)3(5)6;/h1,3-18H2,2H3;2,4H,1H3,(H,5,6);. The summed E-state index contributed by atoms with van der Waals surface area (Å²) in [4.78, 5) is 9.45. The van der Waals surface area contributed by atoms with Crippen LogP contribution in [-0.4, -0.2) is 22.3 Å². The monoisotopic (exact) mass is 407 g/mol. The Hall–Kier alpha value is 0.0534. The van der Waals surface area contributed by atoms with E-state index in [9.17, 15) is 4.79 Å². The predicted octanol–water partition coefficient (Wildman–Crippen LogP) is 6.66. The van der Waals surface area contributed by atoms with Gasteiger partial charge in [-0.25, -0.2) is 4.79 Å². The Morgan fingerprint density at radius 2 is 0.960 bits per heavy atom. The van der Waals surface area contributed by atoms with Crippen LogP contribution in [0.3, 0.4) is 0 Å². The molecule has 0 spiro atoms. The van der Waals surface area contributed by atoms with Crippen LogP contribution in [0.1, 0.15) is 117 Å². The molecule has 0 bridgehead atoms. The molecule has 147 valence electrons. The Morgan fingerprint density at radius 3 is 1.16 bits per heavy atom. The Balaban J connectivity index is 0. The van der Waals surface area contributed by atoms with Crippen molar-refractivity contribution in [2.24, 2.45) is 0 Å². The molecule has 0 heterocycles. The van der Waals surface area contributed by atoms with Crippen LogP contribution in [0.15, 0.2) is 0 Å². The van der Waals surface area contributed by atoms with E-state index in [4.69, 9.17) is 10.2 Å². The number of rotatable bonds is 17. The van der Waals surface area contributed by atoms with Crippen molar-refractivity contribution in [3.63, 3.8) is 0 Å². The molecular formula is C21H43O3Zn. The third kappa shape index (κ3) is 29.1. The first-order valence-electron chi connectivity index (χ1n) is 10.8. The van der Waals surface area contributed by atoms with Gasteiger partial charge >= 0.3 is 99.9 Å². The van der Waals surface area contributed by atoms with E-state index in [0.29, 0.717) is 0 Å². The summed E-state index contributed by atoms with van der Waals surface area (Å²) in [5, 5.41) is 17.3. The molecule has 0 aliphatic rings. The second kappa shape index (κ2) is 24.1. The fraction of sp³-hybridized carbons (Fsp3) is 0.952. The molecule has 0 aromatic rings. The summed E-state index contributed by atoms with van der Waals surface area (Å²) in [6, 6.07) is 0. The molecule has 0 aromatic heterocycles. The topological polar surface area (TPSA) is 57.5 Å². The number of hydrogen-bond donors (Lipinski definition) is 2. The van der Waals surface area contributed by atoms with Gasteiger partial charge in [0.05, 0.1) is 0 Å². The van der Waals surface area contributed by atoms with Crippen molar-refractivity contribution in [1.29, 1.82) is 0 Å². The molecule has 1 unspecified atom stereocenters. The van der Waals surface area contributed by atoms with E-state index in [1.54, 1.807) is 0 Å². The summed E-state index contributed by atoms with van der Waals surface area (Å²) in [6.45, 7) is 3.49. The maximum absolute atomic E-state index is 9.45.